The van der Waals surface area contributed by atoms with Crippen molar-refractivity contribution in [3.05, 3.63) is 11.6 Å². The van der Waals surface area contributed by atoms with Crippen molar-refractivity contribution in [2.45, 2.75) is 52.6 Å². The number of allylic oxidation sites excluding steroid dienone is 1. The van der Waals surface area contributed by atoms with Crippen LogP contribution in [-0.4, -0.2) is 61.1 Å². The Hall–Kier alpha value is -0.870. The van der Waals surface area contributed by atoms with Crippen molar-refractivity contribution in [3.8, 4) is 0 Å². The van der Waals surface area contributed by atoms with Gasteiger partial charge in [0.1, 0.15) is 6.10 Å². The third-order valence-corrected chi connectivity index (χ3v) is 7.45. The van der Waals surface area contributed by atoms with Crippen LogP contribution in [0.15, 0.2) is 11.6 Å². The third kappa shape index (κ3) is 3.16. The number of rotatable bonds is 3. The number of piperazine rings is 1. The Balaban J connectivity index is 1.49. The maximum atomic E-state index is 12.6. The molecule has 0 radical (unpaired) electrons. The smallest absolute Gasteiger partial charge is 0.311 e. The van der Waals surface area contributed by atoms with Gasteiger partial charge in [0.05, 0.1) is 5.92 Å². The number of carbonyl (C=O) groups excluding carboxylic acids is 1. The minimum atomic E-state index is 0.0457. The molecule has 4 aliphatic rings. The summed E-state index contributed by atoms with van der Waals surface area (Å²) in [5.41, 5.74) is 1.89. The van der Waals surface area contributed by atoms with E-state index in [0.717, 1.165) is 45.7 Å². The predicted octanol–water partition coefficient (Wildman–Crippen LogP) is 2.94. The van der Waals surface area contributed by atoms with Crippen LogP contribution in [0.2, 0.25) is 0 Å². The second-order valence-electron chi connectivity index (χ2n) is 9.07. The lowest BCUT2D eigenvalue weighted by molar-refractivity contribution is -0.145. The summed E-state index contributed by atoms with van der Waals surface area (Å²) in [5.74, 6) is 1.08. The van der Waals surface area contributed by atoms with E-state index in [1.54, 1.807) is 5.57 Å². The molecule has 0 amide bonds. The normalized spacial score (nSPS) is 42.5. The Labute approximate surface area is 152 Å². The van der Waals surface area contributed by atoms with Crippen molar-refractivity contribution in [1.82, 2.24) is 9.80 Å². The zero-order valence-electron chi connectivity index (χ0n) is 16.2. The summed E-state index contributed by atoms with van der Waals surface area (Å²) >= 11 is 0. The Kier molecular flexibility index (Phi) is 4.70. The molecule has 2 saturated heterocycles. The number of ether oxygens (including phenoxy) is 1. The van der Waals surface area contributed by atoms with E-state index in [-0.39, 0.29) is 23.4 Å². The first-order chi connectivity index (χ1) is 12.0. The Morgan fingerprint density at radius 1 is 1.24 bits per heavy atom. The van der Waals surface area contributed by atoms with Crippen LogP contribution in [0.3, 0.4) is 0 Å². The van der Waals surface area contributed by atoms with Crippen LogP contribution in [0.4, 0.5) is 0 Å². The first-order valence-electron chi connectivity index (χ1n) is 10.4. The molecule has 2 aliphatic carbocycles. The van der Waals surface area contributed by atoms with Crippen LogP contribution in [0, 0.1) is 23.2 Å². The van der Waals surface area contributed by atoms with Gasteiger partial charge in [-0.1, -0.05) is 38.8 Å². The highest BCUT2D eigenvalue weighted by atomic mass is 16.6. The van der Waals surface area contributed by atoms with E-state index in [1.807, 2.05) is 0 Å². The van der Waals surface area contributed by atoms with E-state index in [4.69, 9.17) is 4.74 Å². The minimum absolute atomic E-state index is 0.0457. The fourth-order valence-corrected chi connectivity index (χ4v) is 5.82. The van der Waals surface area contributed by atoms with Crippen LogP contribution >= 0.6 is 0 Å². The van der Waals surface area contributed by atoms with Crippen molar-refractivity contribution < 1.29 is 9.53 Å². The lowest BCUT2D eigenvalue weighted by Crippen LogP contribution is -2.48. The number of hydrogen-bond acceptors (Lipinski definition) is 4. The topological polar surface area (TPSA) is 32.8 Å². The van der Waals surface area contributed by atoms with Crippen LogP contribution < -0.4 is 0 Å². The highest BCUT2D eigenvalue weighted by Gasteiger charge is 2.51. The molecule has 0 spiro atoms. The number of esters is 1. The SMILES string of the molecule is CCN1CCN(CC2C(=O)O[C@@H]3C[C@@]4(C)CCC[C@H](C)C4=C[C@H]23)CC1. The minimum Gasteiger partial charge on any atom is -0.461 e. The van der Waals surface area contributed by atoms with Gasteiger partial charge in [-0.05, 0) is 37.1 Å². The zero-order chi connectivity index (χ0) is 17.6. The lowest BCUT2D eigenvalue weighted by Gasteiger charge is -2.46. The number of carbonyl (C=O) groups is 1. The second-order valence-corrected chi connectivity index (χ2v) is 9.07. The Morgan fingerprint density at radius 3 is 2.68 bits per heavy atom. The van der Waals surface area contributed by atoms with Gasteiger partial charge in [-0.15, -0.1) is 0 Å². The molecule has 25 heavy (non-hydrogen) atoms. The van der Waals surface area contributed by atoms with E-state index in [0.29, 0.717) is 11.8 Å². The summed E-state index contributed by atoms with van der Waals surface area (Å²) in [5, 5.41) is 0. The summed E-state index contributed by atoms with van der Waals surface area (Å²) in [4.78, 5) is 17.6. The molecule has 4 nitrogen and oxygen atoms in total. The fraction of sp³-hybridized carbons (Fsp3) is 0.857. The van der Waals surface area contributed by atoms with Gasteiger partial charge in [0.2, 0.25) is 0 Å². The molecular formula is C21H34N2O2. The molecule has 4 heteroatoms. The van der Waals surface area contributed by atoms with Gasteiger partial charge < -0.3 is 9.64 Å². The maximum absolute atomic E-state index is 12.6. The van der Waals surface area contributed by atoms with Crippen molar-refractivity contribution in [3.63, 3.8) is 0 Å². The third-order valence-electron chi connectivity index (χ3n) is 7.45. The van der Waals surface area contributed by atoms with Crippen LogP contribution in [0.1, 0.15) is 46.5 Å². The highest BCUT2D eigenvalue weighted by molar-refractivity contribution is 5.76. The molecule has 4 rings (SSSR count). The number of hydrogen-bond donors (Lipinski definition) is 0. The lowest BCUT2D eigenvalue weighted by atomic mass is 9.59. The molecule has 0 aromatic heterocycles. The van der Waals surface area contributed by atoms with Crippen LogP contribution in [0.5, 0.6) is 0 Å². The van der Waals surface area contributed by atoms with Gasteiger partial charge in [0.25, 0.3) is 0 Å². The molecule has 0 aromatic carbocycles. The summed E-state index contributed by atoms with van der Waals surface area (Å²) in [6.07, 6.45) is 7.51. The summed E-state index contributed by atoms with van der Waals surface area (Å²) in [6.45, 7) is 13.4. The van der Waals surface area contributed by atoms with Crippen LogP contribution in [-0.2, 0) is 9.53 Å². The molecule has 0 aromatic rings. The first kappa shape index (κ1) is 17.5. The van der Waals surface area contributed by atoms with Gasteiger partial charge in [0.15, 0.2) is 0 Å². The van der Waals surface area contributed by atoms with Gasteiger partial charge in [0, 0.05) is 38.6 Å². The van der Waals surface area contributed by atoms with E-state index < -0.39 is 0 Å². The van der Waals surface area contributed by atoms with E-state index in [9.17, 15) is 4.79 Å². The van der Waals surface area contributed by atoms with Gasteiger partial charge in [-0.3, -0.25) is 9.69 Å². The van der Waals surface area contributed by atoms with E-state index >= 15 is 0 Å². The monoisotopic (exact) mass is 346 g/mol. The predicted molar refractivity (Wildman–Crippen MR) is 99.2 cm³/mol. The quantitative estimate of drug-likeness (QED) is 0.581. The summed E-state index contributed by atoms with van der Waals surface area (Å²) in [6, 6.07) is 0. The first-order valence-corrected chi connectivity index (χ1v) is 10.4. The molecule has 0 bridgehead atoms. The molecule has 3 fully saturated rings. The van der Waals surface area contributed by atoms with Gasteiger partial charge in [-0.2, -0.15) is 0 Å². The van der Waals surface area contributed by atoms with Gasteiger partial charge >= 0.3 is 5.97 Å². The number of nitrogens with zero attached hydrogens (tertiary/aromatic N) is 2. The van der Waals surface area contributed by atoms with Crippen molar-refractivity contribution in [2.75, 3.05) is 39.3 Å². The fourth-order valence-electron chi connectivity index (χ4n) is 5.82. The van der Waals surface area contributed by atoms with Crippen molar-refractivity contribution >= 4 is 5.97 Å². The highest BCUT2D eigenvalue weighted by Crippen LogP contribution is 2.53. The zero-order valence-corrected chi connectivity index (χ0v) is 16.2. The number of fused-ring (bicyclic) bond motifs is 2. The molecule has 1 unspecified atom stereocenters. The average molecular weight is 347 g/mol. The average Bonchev–Trinajstić information content (AvgIpc) is 2.88. The molecular weight excluding hydrogens is 312 g/mol. The largest absolute Gasteiger partial charge is 0.461 e. The summed E-state index contributed by atoms with van der Waals surface area (Å²) < 4.78 is 5.89. The molecule has 2 aliphatic heterocycles. The van der Waals surface area contributed by atoms with Crippen LogP contribution in [0.25, 0.3) is 0 Å². The summed E-state index contributed by atoms with van der Waals surface area (Å²) in [7, 11) is 0. The second kappa shape index (κ2) is 6.70. The van der Waals surface area contributed by atoms with Crippen molar-refractivity contribution in [2.24, 2.45) is 23.2 Å². The Bertz CT molecular complexity index is 552. The number of likely N-dealkylation sites (N-methyl/N-ethyl adjacent to an activating group) is 1. The molecule has 5 atom stereocenters. The molecule has 1 saturated carbocycles. The molecule has 140 valence electrons. The Morgan fingerprint density at radius 2 is 1.96 bits per heavy atom. The van der Waals surface area contributed by atoms with Crippen molar-refractivity contribution in [1.29, 1.82) is 0 Å². The van der Waals surface area contributed by atoms with E-state index in [1.165, 1.54) is 19.3 Å². The molecule has 2 heterocycles. The van der Waals surface area contributed by atoms with E-state index in [2.05, 4.69) is 36.6 Å². The van der Waals surface area contributed by atoms with Gasteiger partial charge in [-0.25, -0.2) is 0 Å². The molecule has 0 N–H and O–H groups in total. The standard InChI is InChI=1S/C21H34N2O2/c1-4-22-8-10-23(11-9-22)14-17-16-12-18-15(2)6-5-7-21(18,3)13-19(16)25-20(17)24/h12,15-17,19H,4-11,13-14H2,1-3H3/t15-,16+,17?,19+,21+/m0/s1. The maximum Gasteiger partial charge on any atom is 0.311 e.